The normalized spacial score (nSPS) is 11.6. The fourth-order valence-electron chi connectivity index (χ4n) is 13.4. The molecule has 0 bridgehead atoms. The average molecular weight is 1620 g/mol. The summed E-state index contributed by atoms with van der Waals surface area (Å²) in [5.41, 5.74) is 12.6. The number of nitrogens with one attached hydrogen (secondary N) is 8. The van der Waals surface area contributed by atoms with Gasteiger partial charge in [0.25, 0.3) is 22.2 Å². The average Bonchev–Trinajstić information content (AvgIpc) is 0.772. The summed E-state index contributed by atoms with van der Waals surface area (Å²) in [4.78, 5) is 143. The van der Waals surface area contributed by atoms with Gasteiger partial charge in [-0.25, -0.2) is 43.5 Å². The maximum atomic E-state index is 13.8. The molecule has 0 spiro atoms. The predicted molar refractivity (Wildman–Crippen MR) is 442 cm³/mol. The first kappa shape index (κ1) is 82.6. The first-order valence-corrected chi connectivity index (χ1v) is 37.9. The number of hydrogen-bond donors (Lipinski definition) is 8. The third kappa shape index (κ3) is 18.9. The molecule has 8 aliphatic rings. The highest BCUT2D eigenvalue weighted by molar-refractivity contribution is 6.31. The number of nitrogens with zero attached hydrogens (tertiary/aromatic N) is 13. The molecule has 604 valence electrons. The number of alkyl halides is 3. The van der Waals surface area contributed by atoms with E-state index in [1.807, 2.05) is 154 Å². The fourth-order valence-corrected chi connectivity index (χ4v) is 13.6. The monoisotopic (exact) mass is 1620 g/mol. The molecular weight excluding hydrogens is 1540 g/mol. The Balaban J connectivity index is 0.000000137. The van der Waals surface area contributed by atoms with Gasteiger partial charge in [0, 0.05) is 102 Å². The molecule has 0 atom stereocenters. The summed E-state index contributed by atoms with van der Waals surface area (Å²) in [6, 6.07) is 38.7. The van der Waals surface area contributed by atoms with Crippen molar-refractivity contribution in [3.05, 3.63) is 312 Å². The van der Waals surface area contributed by atoms with E-state index in [4.69, 9.17) is 11.6 Å². The summed E-state index contributed by atoms with van der Waals surface area (Å²) in [5, 5.41) is 13.8. The number of fused-ring (bicyclic) bond motifs is 8. The van der Waals surface area contributed by atoms with Gasteiger partial charge in [-0.1, -0.05) is 60.1 Å². The summed E-state index contributed by atoms with van der Waals surface area (Å²) in [6.07, 6.45) is -0.854. The third-order valence-electron chi connectivity index (χ3n) is 20.2. The van der Waals surface area contributed by atoms with Crippen molar-refractivity contribution in [3.8, 4) is 46.1 Å². The van der Waals surface area contributed by atoms with Crippen LogP contribution in [0.4, 0.5) is 17.6 Å². The summed E-state index contributed by atoms with van der Waals surface area (Å²) < 4.78 is 59.2. The lowest BCUT2D eigenvalue weighted by molar-refractivity contribution is -0.137. The lowest BCUT2D eigenvalue weighted by Gasteiger charge is -2.18. The topological polar surface area (TPSA) is 384 Å². The smallest absolute Gasteiger partial charge is 0.321 e. The Morgan fingerprint density at radius 3 is 0.966 bits per heavy atom. The number of aromatic nitrogens is 17. The van der Waals surface area contributed by atoms with Crippen LogP contribution in [0.5, 0.6) is 0 Å². The predicted octanol–water partition coefficient (Wildman–Crippen LogP) is 9.17. The molecule has 8 aromatic rings. The Kier molecular flexibility index (Phi) is 25.1. The van der Waals surface area contributed by atoms with Gasteiger partial charge in [0.05, 0.1) is 49.7 Å². The van der Waals surface area contributed by atoms with Crippen LogP contribution < -0.4 is 66.3 Å². The minimum atomic E-state index is -4.37. The molecular formula is C84H80ClF4N21O8. The molecule has 0 unspecified atom stereocenters. The standard InChI is InChI=1S/C22H20F3N5O2.C21H20ClN5O2.C21H20FN5O2.C20H20N6O2/c1-12-9-16-17(10-13(12)2)30(19-18(27-16)20(31)29-21(32)28-19)8-7-26-11-14-3-5-15(6-4-14)22(23,24)25;2*1-12-9-16-17(10-13(12)2)27(19-18(24-16)20(28)26-21(29)25-19)8-7-23-11-14-5-3-4-6-15(14)22;1-12-9-15-16(10-13(12)2)26(8-7-22-11-14-3-5-21-6-4-14)18-17(23-15)19(27)25-20(28)24-18/h3-6,9-10,26H,7-8,11H2,1-2H3,(H,29,31,32);2*3-6,9-10,23H,7-8,11H2,1-2H3,(H,26,28,29);3-6,9-10,22H,7-8,11H2,1-2H3,(H,25,27,28). The van der Waals surface area contributed by atoms with Crippen molar-refractivity contribution in [1.29, 1.82) is 0 Å². The van der Waals surface area contributed by atoms with Gasteiger partial charge >= 0.3 is 28.9 Å². The zero-order chi connectivity index (χ0) is 83.8. The number of pyridine rings is 1. The van der Waals surface area contributed by atoms with E-state index in [9.17, 15) is 55.9 Å². The molecule has 0 amide bonds. The number of halogens is 5. The Hall–Kier alpha value is -13.3. The minimum absolute atomic E-state index is 0.0723. The Bertz CT molecular complexity index is 6620. The van der Waals surface area contributed by atoms with Gasteiger partial charge in [-0.2, -0.15) is 33.1 Å². The quantitative estimate of drug-likeness (QED) is 0.0200. The van der Waals surface area contributed by atoms with E-state index in [1.54, 1.807) is 35.2 Å². The Labute approximate surface area is 672 Å². The number of aryl methyl sites for hydroxylation is 8. The maximum Gasteiger partial charge on any atom is 0.416 e. The van der Waals surface area contributed by atoms with Crippen molar-refractivity contribution in [2.75, 3.05) is 26.2 Å². The molecule has 0 radical (unpaired) electrons. The van der Waals surface area contributed by atoms with Crippen molar-refractivity contribution in [2.24, 2.45) is 0 Å². The van der Waals surface area contributed by atoms with E-state index < -0.39 is 56.7 Å². The van der Waals surface area contributed by atoms with E-state index in [2.05, 4.69) is 86.1 Å². The van der Waals surface area contributed by atoms with Gasteiger partial charge in [0.1, 0.15) is 5.82 Å². The second-order valence-corrected chi connectivity index (χ2v) is 28.8. The van der Waals surface area contributed by atoms with Crippen LogP contribution in [0.1, 0.15) is 72.3 Å². The molecule has 8 aliphatic heterocycles. The molecule has 9 heterocycles. The van der Waals surface area contributed by atoms with Gasteiger partial charge < -0.3 is 39.5 Å². The highest BCUT2D eigenvalue weighted by Crippen LogP contribution is 2.31. The molecule has 7 aromatic carbocycles. The van der Waals surface area contributed by atoms with E-state index in [1.165, 1.54) is 18.2 Å². The molecule has 0 saturated heterocycles. The molecule has 0 aliphatic carbocycles. The summed E-state index contributed by atoms with van der Waals surface area (Å²) in [6.45, 7) is 21.9. The van der Waals surface area contributed by atoms with Gasteiger partial charge in [-0.15, -0.1) is 0 Å². The Morgan fingerprint density at radius 2 is 0.644 bits per heavy atom. The molecule has 34 heteroatoms. The molecule has 118 heavy (non-hydrogen) atoms. The first-order valence-electron chi connectivity index (χ1n) is 37.6. The third-order valence-corrected chi connectivity index (χ3v) is 20.6. The van der Waals surface area contributed by atoms with Crippen molar-refractivity contribution in [1.82, 2.24) is 104 Å². The number of hydrogen-bond acceptors (Lipinski definition) is 21. The first-order chi connectivity index (χ1) is 56.5. The second kappa shape index (κ2) is 35.8. The highest BCUT2D eigenvalue weighted by Gasteiger charge is 2.30. The van der Waals surface area contributed by atoms with Crippen LogP contribution in [0.2, 0.25) is 5.02 Å². The largest absolute Gasteiger partial charge is 0.416 e. The second-order valence-electron chi connectivity index (χ2n) is 28.4. The maximum absolute atomic E-state index is 13.8. The van der Waals surface area contributed by atoms with Crippen molar-refractivity contribution < 1.29 is 17.6 Å². The van der Waals surface area contributed by atoms with E-state index in [-0.39, 0.29) is 46.1 Å². The van der Waals surface area contributed by atoms with Gasteiger partial charge in [-0.05, 0) is 202 Å². The molecule has 1 aromatic heterocycles. The Morgan fingerprint density at radius 1 is 0.356 bits per heavy atom. The zero-order valence-electron chi connectivity index (χ0n) is 65.3. The van der Waals surface area contributed by atoms with Gasteiger partial charge in [0.2, 0.25) is 0 Å². The van der Waals surface area contributed by atoms with Crippen molar-refractivity contribution in [2.45, 2.75) is 114 Å². The van der Waals surface area contributed by atoms with Crippen LogP contribution in [-0.2, 0) is 58.5 Å². The van der Waals surface area contributed by atoms with Crippen LogP contribution in [0.15, 0.2) is 184 Å². The van der Waals surface area contributed by atoms with Crippen LogP contribution in [-0.4, -0.2) is 109 Å². The number of benzene rings is 7. The van der Waals surface area contributed by atoms with Crippen LogP contribution >= 0.6 is 11.6 Å². The SMILES string of the molecule is Cc1cc2nc3c(=O)[nH]c(=O)nc-3n(CCNCc3ccc(C(F)(F)F)cc3)c2cc1C.Cc1cc2nc3c(=O)[nH]c(=O)nc-3n(CCNCc3ccccc3Cl)c2cc1C.Cc1cc2nc3c(=O)[nH]c(=O)nc-3n(CCNCc3ccccc3F)c2cc1C.Cc1cc2nc3c(=O)[nH]c(=O)nc-3n(CCNCc3ccncc3)c2cc1C. The number of aromatic amines is 4. The summed E-state index contributed by atoms with van der Waals surface area (Å²) in [7, 11) is 0. The van der Waals surface area contributed by atoms with Crippen LogP contribution in [0.3, 0.4) is 0 Å². The molecule has 16 rings (SSSR count). The molecule has 0 fully saturated rings. The lowest BCUT2D eigenvalue weighted by Crippen LogP contribution is -2.30. The van der Waals surface area contributed by atoms with E-state index in [0.29, 0.717) is 123 Å². The van der Waals surface area contributed by atoms with E-state index in [0.717, 1.165) is 89.8 Å². The van der Waals surface area contributed by atoms with Gasteiger partial charge in [0.15, 0.2) is 46.1 Å². The number of rotatable bonds is 20. The minimum Gasteiger partial charge on any atom is -0.321 e. The number of H-pyrrole nitrogens is 4. The van der Waals surface area contributed by atoms with Crippen LogP contribution in [0, 0.1) is 61.2 Å². The summed E-state index contributed by atoms with van der Waals surface area (Å²) >= 11 is 6.21. The molecule has 0 saturated carbocycles. The van der Waals surface area contributed by atoms with Gasteiger partial charge in [-0.3, -0.25) is 44.1 Å². The zero-order valence-corrected chi connectivity index (χ0v) is 66.1. The molecule has 8 N–H and O–H groups in total. The van der Waals surface area contributed by atoms with Crippen molar-refractivity contribution in [3.63, 3.8) is 0 Å². The highest BCUT2D eigenvalue weighted by atomic mass is 35.5. The lowest BCUT2D eigenvalue weighted by atomic mass is 10.1. The fraction of sp³-hybridized carbons (Fsp3) is 0.250. The van der Waals surface area contributed by atoms with Crippen molar-refractivity contribution >= 4 is 55.7 Å². The summed E-state index contributed by atoms with van der Waals surface area (Å²) in [5.74, 6) is 0.750. The van der Waals surface area contributed by atoms with Crippen LogP contribution in [0.25, 0.3) is 90.2 Å². The van der Waals surface area contributed by atoms with E-state index >= 15 is 0 Å². The molecule has 29 nitrogen and oxygen atoms in total.